The Kier molecular flexibility index (Phi) is 6.11. The van der Waals surface area contributed by atoms with Gasteiger partial charge in [0.1, 0.15) is 0 Å². The summed E-state index contributed by atoms with van der Waals surface area (Å²) < 4.78 is 0. The van der Waals surface area contributed by atoms with Crippen molar-refractivity contribution in [2.75, 3.05) is 5.75 Å². The number of carbonyl (C=O) groups excluding carboxylic acids is 1. The van der Waals surface area contributed by atoms with Gasteiger partial charge in [0.2, 0.25) is 5.91 Å². The molecule has 0 atom stereocenters. The first kappa shape index (κ1) is 14.6. The van der Waals surface area contributed by atoms with E-state index in [9.17, 15) is 4.79 Å². The summed E-state index contributed by atoms with van der Waals surface area (Å²) in [6.45, 7) is 0.505. The van der Waals surface area contributed by atoms with Crippen LogP contribution in [0.2, 0.25) is 0 Å². The van der Waals surface area contributed by atoms with Crippen LogP contribution in [0.1, 0.15) is 18.5 Å². The summed E-state index contributed by atoms with van der Waals surface area (Å²) in [5, 5.41) is 2.89. The Labute approximate surface area is 123 Å². The Morgan fingerprint density at radius 2 is 1.90 bits per heavy atom. The molecule has 0 bridgehead atoms. The summed E-state index contributed by atoms with van der Waals surface area (Å²) in [5.74, 6) is 1.05. The zero-order chi connectivity index (χ0) is 14.0. The Balaban J connectivity index is 1.59. The maximum Gasteiger partial charge on any atom is 0.220 e. The zero-order valence-corrected chi connectivity index (χ0v) is 12.1. The lowest BCUT2D eigenvalue weighted by Crippen LogP contribution is -2.22. The Bertz CT molecular complexity index is 517. The average molecular weight is 286 g/mol. The molecule has 3 nitrogen and oxygen atoms in total. The lowest BCUT2D eigenvalue weighted by molar-refractivity contribution is -0.121. The van der Waals surface area contributed by atoms with Gasteiger partial charge < -0.3 is 5.32 Å². The maximum atomic E-state index is 11.7. The molecule has 0 aliphatic heterocycles. The molecule has 0 saturated heterocycles. The molecule has 4 heteroatoms. The molecule has 20 heavy (non-hydrogen) atoms. The fourth-order valence-corrected chi connectivity index (χ4v) is 2.59. The largest absolute Gasteiger partial charge is 0.350 e. The number of rotatable bonds is 7. The fraction of sp³-hybridized carbons (Fsp3) is 0.250. The lowest BCUT2D eigenvalue weighted by Gasteiger charge is -2.04. The second kappa shape index (κ2) is 8.38. The van der Waals surface area contributed by atoms with Gasteiger partial charge in [-0.15, -0.1) is 11.8 Å². The standard InChI is InChI=1S/C16H18N2OS/c19-16(18-13-14-7-4-5-11-17-14)10-6-12-20-15-8-2-1-3-9-15/h1-5,7-9,11H,6,10,12-13H2,(H,18,19). The van der Waals surface area contributed by atoms with E-state index in [0.717, 1.165) is 17.9 Å². The third-order valence-corrected chi connectivity index (χ3v) is 3.85. The first-order valence-corrected chi connectivity index (χ1v) is 7.67. The number of nitrogens with one attached hydrogen (secondary N) is 1. The molecule has 2 aromatic rings. The zero-order valence-electron chi connectivity index (χ0n) is 11.3. The molecule has 0 aliphatic carbocycles. The van der Waals surface area contributed by atoms with Crippen LogP contribution in [0.3, 0.4) is 0 Å². The molecule has 1 amide bonds. The van der Waals surface area contributed by atoms with Crippen molar-refractivity contribution in [3.05, 3.63) is 60.4 Å². The highest BCUT2D eigenvalue weighted by molar-refractivity contribution is 7.99. The molecule has 1 N–H and O–H groups in total. The Hall–Kier alpha value is -1.81. The molecule has 1 aromatic carbocycles. The van der Waals surface area contributed by atoms with Gasteiger partial charge in [-0.1, -0.05) is 24.3 Å². The predicted octanol–water partition coefficient (Wildman–Crippen LogP) is 3.27. The summed E-state index contributed by atoms with van der Waals surface area (Å²) in [4.78, 5) is 17.1. The van der Waals surface area contributed by atoms with Crippen molar-refractivity contribution in [2.24, 2.45) is 0 Å². The third-order valence-electron chi connectivity index (χ3n) is 2.75. The highest BCUT2D eigenvalue weighted by atomic mass is 32.2. The second-order valence-electron chi connectivity index (χ2n) is 4.36. The lowest BCUT2D eigenvalue weighted by atomic mass is 10.3. The van der Waals surface area contributed by atoms with Crippen LogP contribution >= 0.6 is 11.8 Å². The van der Waals surface area contributed by atoms with E-state index < -0.39 is 0 Å². The fourth-order valence-electron chi connectivity index (χ4n) is 1.72. The molecule has 104 valence electrons. The first-order valence-electron chi connectivity index (χ1n) is 6.69. The minimum absolute atomic E-state index is 0.0873. The summed E-state index contributed by atoms with van der Waals surface area (Å²) in [6, 6.07) is 15.9. The van der Waals surface area contributed by atoms with E-state index in [4.69, 9.17) is 0 Å². The van der Waals surface area contributed by atoms with Gasteiger partial charge >= 0.3 is 0 Å². The number of benzene rings is 1. The van der Waals surface area contributed by atoms with Crippen molar-refractivity contribution in [3.8, 4) is 0 Å². The number of hydrogen-bond donors (Lipinski definition) is 1. The van der Waals surface area contributed by atoms with Crippen LogP contribution in [-0.2, 0) is 11.3 Å². The number of thioether (sulfide) groups is 1. The molecule has 0 spiro atoms. The molecule has 0 unspecified atom stereocenters. The highest BCUT2D eigenvalue weighted by Gasteiger charge is 2.02. The van der Waals surface area contributed by atoms with Crippen molar-refractivity contribution in [1.29, 1.82) is 0 Å². The van der Waals surface area contributed by atoms with Crippen LogP contribution in [0.25, 0.3) is 0 Å². The summed E-state index contributed by atoms with van der Waals surface area (Å²) in [5.41, 5.74) is 0.888. The average Bonchev–Trinajstić information content (AvgIpc) is 2.52. The van der Waals surface area contributed by atoms with Gasteiger partial charge in [-0.2, -0.15) is 0 Å². The van der Waals surface area contributed by atoms with Crippen LogP contribution in [0, 0.1) is 0 Å². The van der Waals surface area contributed by atoms with Gasteiger partial charge in [0.15, 0.2) is 0 Å². The number of aromatic nitrogens is 1. The second-order valence-corrected chi connectivity index (χ2v) is 5.53. The van der Waals surface area contributed by atoms with Crippen LogP contribution in [0.5, 0.6) is 0 Å². The van der Waals surface area contributed by atoms with Crippen LogP contribution < -0.4 is 5.32 Å². The molecule has 1 aromatic heterocycles. The Morgan fingerprint density at radius 1 is 1.10 bits per heavy atom. The van der Waals surface area contributed by atoms with E-state index in [1.165, 1.54) is 4.90 Å². The van der Waals surface area contributed by atoms with E-state index in [-0.39, 0.29) is 5.91 Å². The van der Waals surface area contributed by atoms with E-state index in [1.54, 1.807) is 18.0 Å². The van der Waals surface area contributed by atoms with Gasteiger partial charge in [-0.3, -0.25) is 9.78 Å². The van der Waals surface area contributed by atoms with E-state index in [1.807, 2.05) is 36.4 Å². The summed E-state index contributed by atoms with van der Waals surface area (Å²) in [6.07, 6.45) is 3.18. The van der Waals surface area contributed by atoms with Gasteiger partial charge in [-0.25, -0.2) is 0 Å². The van der Waals surface area contributed by atoms with Gasteiger partial charge in [0.05, 0.1) is 12.2 Å². The number of hydrogen-bond acceptors (Lipinski definition) is 3. The van der Waals surface area contributed by atoms with E-state index >= 15 is 0 Å². The van der Waals surface area contributed by atoms with Gasteiger partial charge in [-0.05, 0) is 36.4 Å². The van der Waals surface area contributed by atoms with Crippen LogP contribution in [-0.4, -0.2) is 16.6 Å². The number of nitrogens with zero attached hydrogens (tertiary/aromatic N) is 1. The number of amides is 1. The number of pyridine rings is 1. The van der Waals surface area contributed by atoms with Gasteiger partial charge in [0, 0.05) is 17.5 Å². The minimum atomic E-state index is 0.0873. The molecule has 1 heterocycles. The predicted molar refractivity (Wildman–Crippen MR) is 82.5 cm³/mol. The van der Waals surface area contributed by atoms with Crippen LogP contribution in [0.4, 0.5) is 0 Å². The quantitative estimate of drug-likeness (QED) is 0.627. The topological polar surface area (TPSA) is 42.0 Å². The smallest absolute Gasteiger partial charge is 0.220 e. The van der Waals surface area contributed by atoms with Crippen molar-refractivity contribution < 1.29 is 4.79 Å². The molecule has 0 fully saturated rings. The molecule has 2 rings (SSSR count). The summed E-state index contributed by atoms with van der Waals surface area (Å²) >= 11 is 1.78. The molecule has 0 saturated carbocycles. The summed E-state index contributed by atoms with van der Waals surface area (Å²) in [7, 11) is 0. The SMILES string of the molecule is O=C(CCCSc1ccccc1)NCc1ccccn1. The molecular formula is C16H18N2OS. The van der Waals surface area contributed by atoms with Crippen LogP contribution in [0.15, 0.2) is 59.6 Å². The van der Waals surface area contributed by atoms with Crippen molar-refractivity contribution >= 4 is 17.7 Å². The first-order chi connectivity index (χ1) is 9.84. The van der Waals surface area contributed by atoms with Crippen molar-refractivity contribution in [1.82, 2.24) is 10.3 Å². The molecule has 0 radical (unpaired) electrons. The third kappa shape index (κ3) is 5.45. The van der Waals surface area contributed by atoms with E-state index in [2.05, 4.69) is 22.4 Å². The molecular weight excluding hydrogens is 268 g/mol. The minimum Gasteiger partial charge on any atom is -0.350 e. The van der Waals surface area contributed by atoms with Gasteiger partial charge in [0.25, 0.3) is 0 Å². The molecule has 0 aliphatic rings. The maximum absolute atomic E-state index is 11.7. The highest BCUT2D eigenvalue weighted by Crippen LogP contribution is 2.18. The van der Waals surface area contributed by atoms with Crippen molar-refractivity contribution in [2.45, 2.75) is 24.3 Å². The normalized spacial score (nSPS) is 10.2. The van der Waals surface area contributed by atoms with Crippen molar-refractivity contribution in [3.63, 3.8) is 0 Å². The monoisotopic (exact) mass is 286 g/mol. The van der Waals surface area contributed by atoms with E-state index in [0.29, 0.717) is 13.0 Å². The number of carbonyl (C=O) groups is 1. The Morgan fingerprint density at radius 3 is 2.65 bits per heavy atom.